The topological polar surface area (TPSA) is 51.8 Å². The lowest BCUT2D eigenvalue weighted by atomic mass is 10.00. The first-order valence-electron chi connectivity index (χ1n) is 6.78. The van der Waals surface area contributed by atoms with Crippen molar-refractivity contribution in [3.8, 4) is 11.3 Å². The maximum absolute atomic E-state index is 6.05. The van der Waals surface area contributed by atoms with Crippen molar-refractivity contribution in [2.45, 2.75) is 39.5 Å². The fourth-order valence-corrected chi connectivity index (χ4v) is 2.42. The SMILES string of the molecule is Cc1ccc(-c2nc(C3CC3)nc(N)c2C)c(C)c1. The zero-order valence-corrected chi connectivity index (χ0v) is 11.7. The van der Waals surface area contributed by atoms with Crippen molar-refractivity contribution < 1.29 is 0 Å². The van der Waals surface area contributed by atoms with E-state index >= 15 is 0 Å². The average Bonchev–Trinajstić information content (AvgIpc) is 3.17. The molecule has 1 aliphatic rings. The highest BCUT2D eigenvalue weighted by atomic mass is 15.0. The number of aromatic nitrogens is 2. The molecule has 1 heterocycles. The van der Waals surface area contributed by atoms with Crippen molar-refractivity contribution in [3.05, 3.63) is 40.7 Å². The summed E-state index contributed by atoms with van der Waals surface area (Å²) in [6.45, 7) is 6.23. The number of anilines is 1. The molecule has 0 radical (unpaired) electrons. The molecule has 3 heteroatoms. The van der Waals surface area contributed by atoms with Gasteiger partial charge in [0.1, 0.15) is 11.6 Å². The summed E-state index contributed by atoms with van der Waals surface area (Å²) < 4.78 is 0. The van der Waals surface area contributed by atoms with E-state index in [0.29, 0.717) is 11.7 Å². The van der Waals surface area contributed by atoms with Crippen LogP contribution < -0.4 is 5.73 Å². The largest absolute Gasteiger partial charge is 0.383 e. The fraction of sp³-hybridized carbons (Fsp3) is 0.375. The summed E-state index contributed by atoms with van der Waals surface area (Å²) in [5, 5.41) is 0. The molecular formula is C16H19N3. The summed E-state index contributed by atoms with van der Waals surface area (Å²) in [6, 6.07) is 6.44. The molecule has 1 aromatic heterocycles. The van der Waals surface area contributed by atoms with Gasteiger partial charge in [-0.25, -0.2) is 9.97 Å². The molecule has 0 bridgehead atoms. The summed E-state index contributed by atoms with van der Waals surface area (Å²) in [5.41, 5.74) is 11.7. The second-order valence-corrected chi connectivity index (χ2v) is 5.53. The van der Waals surface area contributed by atoms with Gasteiger partial charge in [-0.2, -0.15) is 0 Å². The lowest BCUT2D eigenvalue weighted by Gasteiger charge is -2.12. The van der Waals surface area contributed by atoms with E-state index < -0.39 is 0 Å². The smallest absolute Gasteiger partial charge is 0.134 e. The van der Waals surface area contributed by atoms with E-state index in [4.69, 9.17) is 10.7 Å². The first-order valence-corrected chi connectivity index (χ1v) is 6.78. The van der Waals surface area contributed by atoms with Gasteiger partial charge >= 0.3 is 0 Å². The van der Waals surface area contributed by atoms with Crippen LogP contribution in [0.15, 0.2) is 18.2 Å². The third-order valence-corrected chi connectivity index (χ3v) is 3.78. The number of benzene rings is 1. The van der Waals surface area contributed by atoms with Gasteiger partial charge in [0.05, 0.1) is 5.69 Å². The third-order valence-electron chi connectivity index (χ3n) is 3.78. The van der Waals surface area contributed by atoms with Crippen LogP contribution in [0.25, 0.3) is 11.3 Å². The Morgan fingerprint density at radius 2 is 1.84 bits per heavy atom. The molecule has 1 fully saturated rings. The minimum atomic E-state index is 0.521. The third kappa shape index (κ3) is 2.21. The Morgan fingerprint density at radius 1 is 1.11 bits per heavy atom. The molecule has 0 aliphatic heterocycles. The van der Waals surface area contributed by atoms with E-state index in [1.807, 2.05) is 6.92 Å². The van der Waals surface area contributed by atoms with Gasteiger partial charge in [0.15, 0.2) is 0 Å². The highest BCUT2D eigenvalue weighted by Gasteiger charge is 2.28. The monoisotopic (exact) mass is 253 g/mol. The van der Waals surface area contributed by atoms with Crippen LogP contribution in [-0.2, 0) is 0 Å². The predicted octanol–water partition coefficient (Wildman–Crippen LogP) is 3.53. The van der Waals surface area contributed by atoms with E-state index in [1.165, 1.54) is 29.5 Å². The summed E-state index contributed by atoms with van der Waals surface area (Å²) in [5.74, 6) is 2.05. The molecule has 2 aromatic rings. The quantitative estimate of drug-likeness (QED) is 0.890. The van der Waals surface area contributed by atoms with Gasteiger partial charge in [-0.05, 0) is 39.2 Å². The lowest BCUT2D eigenvalue weighted by Crippen LogP contribution is -2.04. The summed E-state index contributed by atoms with van der Waals surface area (Å²) in [6.07, 6.45) is 2.38. The second-order valence-electron chi connectivity index (χ2n) is 5.53. The van der Waals surface area contributed by atoms with Crippen molar-refractivity contribution in [2.24, 2.45) is 0 Å². The van der Waals surface area contributed by atoms with Crippen molar-refractivity contribution in [1.82, 2.24) is 9.97 Å². The molecular weight excluding hydrogens is 234 g/mol. The van der Waals surface area contributed by atoms with Crippen molar-refractivity contribution in [2.75, 3.05) is 5.73 Å². The Hall–Kier alpha value is -1.90. The van der Waals surface area contributed by atoms with Gasteiger partial charge in [0.25, 0.3) is 0 Å². The molecule has 3 rings (SSSR count). The number of rotatable bonds is 2. The number of nitrogens with zero attached hydrogens (tertiary/aromatic N) is 2. The standard InChI is InChI=1S/C16H19N3/c1-9-4-7-13(10(2)8-9)14-11(3)15(17)19-16(18-14)12-5-6-12/h4,7-8,12H,5-6H2,1-3H3,(H2,17,18,19). The highest BCUT2D eigenvalue weighted by Crippen LogP contribution is 2.40. The van der Waals surface area contributed by atoms with Gasteiger partial charge in [-0.15, -0.1) is 0 Å². The maximum atomic E-state index is 6.05. The van der Waals surface area contributed by atoms with E-state index in [2.05, 4.69) is 37.0 Å². The molecule has 1 saturated carbocycles. The molecule has 1 aromatic carbocycles. The zero-order valence-electron chi connectivity index (χ0n) is 11.7. The van der Waals surface area contributed by atoms with Crippen LogP contribution in [0.5, 0.6) is 0 Å². The van der Waals surface area contributed by atoms with Crippen LogP contribution in [0.1, 0.15) is 41.3 Å². The van der Waals surface area contributed by atoms with Crippen LogP contribution >= 0.6 is 0 Å². The normalized spacial score (nSPS) is 14.7. The Balaban J connectivity index is 2.17. The zero-order chi connectivity index (χ0) is 13.6. The number of nitrogen functional groups attached to an aromatic ring is 1. The van der Waals surface area contributed by atoms with Crippen LogP contribution in [0.3, 0.4) is 0 Å². The van der Waals surface area contributed by atoms with E-state index in [-0.39, 0.29) is 0 Å². The molecule has 0 unspecified atom stereocenters. The maximum Gasteiger partial charge on any atom is 0.134 e. The molecule has 19 heavy (non-hydrogen) atoms. The van der Waals surface area contributed by atoms with Crippen LogP contribution in [-0.4, -0.2) is 9.97 Å². The Labute approximate surface area is 113 Å². The van der Waals surface area contributed by atoms with Gasteiger partial charge in [0, 0.05) is 17.0 Å². The second kappa shape index (κ2) is 4.34. The van der Waals surface area contributed by atoms with E-state index in [1.54, 1.807) is 0 Å². The minimum Gasteiger partial charge on any atom is -0.383 e. The Bertz CT molecular complexity index is 643. The lowest BCUT2D eigenvalue weighted by molar-refractivity contribution is 0.927. The molecule has 98 valence electrons. The van der Waals surface area contributed by atoms with Crippen LogP contribution in [0.2, 0.25) is 0 Å². The highest BCUT2D eigenvalue weighted by molar-refractivity contribution is 5.70. The first kappa shape index (κ1) is 12.2. The van der Waals surface area contributed by atoms with Crippen molar-refractivity contribution in [1.29, 1.82) is 0 Å². The van der Waals surface area contributed by atoms with Gasteiger partial charge in [0.2, 0.25) is 0 Å². The van der Waals surface area contributed by atoms with E-state index in [0.717, 1.165) is 17.1 Å². The number of hydrogen-bond donors (Lipinski definition) is 1. The van der Waals surface area contributed by atoms with Crippen molar-refractivity contribution >= 4 is 5.82 Å². The fourth-order valence-electron chi connectivity index (χ4n) is 2.42. The Morgan fingerprint density at radius 3 is 2.47 bits per heavy atom. The van der Waals surface area contributed by atoms with E-state index in [9.17, 15) is 0 Å². The molecule has 0 atom stereocenters. The van der Waals surface area contributed by atoms with Gasteiger partial charge < -0.3 is 5.73 Å². The predicted molar refractivity (Wildman–Crippen MR) is 78.1 cm³/mol. The van der Waals surface area contributed by atoms with Gasteiger partial charge in [-0.3, -0.25) is 0 Å². The summed E-state index contributed by atoms with van der Waals surface area (Å²) >= 11 is 0. The molecule has 3 nitrogen and oxygen atoms in total. The average molecular weight is 253 g/mol. The number of aryl methyl sites for hydroxylation is 2. The van der Waals surface area contributed by atoms with Crippen LogP contribution in [0.4, 0.5) is 5.82 Å². The molecule has 2 N–H and O–H groups in total. The summed E-state index contributed by atoms with van der Waals surface area (Å²) in [7, 11) is 0. The van der Waals surface area contributed by atoms with Crippen molar-refractivity contribution in [3.63, 3.8) is 0 Å². The molecule has 0 amide bonds. The minimum absolute atomic E-state index is 0.521. The summed E-state index contributed by atoms with van der Waals surface area (Å²) in [4.78, 5) is 9.20. The van der Waals surface area contributed by atoms with Gasteiger partial charge in [-0.1, -0.05) is 23.8 Å². The molecule has 0 spiro atoms. The molecule has 1 aliphatic carbocycles. The Kier molecular flexibility index (Phi) is 2.77. The van der Waals surface area contributed by atoms with Crippen LogP contribution in [0, 0.1) is 20.8 Å². The molecule has 0 saturated heterocycles. The number of nitrogens with two attached hydrogens (primary N) is 1. The number of hydrogen-bond acceptors (Lipinski definition) is 3. The first-order chi connectivity index (χ1) is 9.06.